The average Bonchev–Trinajstić information content (AvgIpc) is 2.66. The summed E-state index contributed by atoms with van der Waals surface area (Å²) in [6.07, 6.45) is 3.65. The average molecular weight is 336 g/mol. The molecule has 1 spiro atoms. The van der Waals surface area contributed by atoms with E-state index in [4.69, 9.17) is 5.73 Å². The van der Waals surface area contributed by atoms with Crippen LogP contribution in [0.3, 0.4) is 0 Å². The first-order chi connectivity index (χ1) is 9.52. The lowest BCUT2D eigenvalue weighted by atomic mass is 9.71. The molecule has 2 aliphatic rings. The fraction of sp³-hybridized carbons (Fsp3) is 0.562. The number of rotatable bonds is 1. The molecule has 2 atom stereocenters. The van der Waals surface area contributed by atoms with E-state index in [1.807, 2.05) is 6.07 Å². The summed E-state index contributed by atoms with van der Waals surface area (Å²) >= 11 is 3.66. The molecule has 0 bridgehead atoms. The predicted octanol–water partition coefficient (Wildman–Crippen LogP) is 3.78. The van der Waals surface area contributed by atoms with Crippen molar-refractivity contribution in [1.29, 1.82) is 0 Å². The highest BCUT2D eigenvalue weighted by atomic mass is 79.9. The van der Waals surface area contributed by atoms with Gasteiger partial charge in [-0.15, -0.1) is 0 Å². The van der Waals surface area contributed by atoms with Crippen LogP contribution in [0.4, 0.5) is 5.69 Å². The lowest BCUT2D eigenvalue weighted by molar-refractivity contribution is 0.197. The van der Waals surface area contributed by atoms with Crippen LogP contribution in [0.2, 0.25) is 0 Å². The van der Waals surface area contributed by atoms with E-state index in [2.05, 4.69) is 57.9 Å². The van der Waals surface area contributed by atoms with E-state index in [1.165, 1.54) is 19.3 Å². The molecule has 1 aliphatic carbocycles. The van der Waals surface area contributed by atoms with Crippen LogP contribution < -0.4 is 10.6 Å². The van der Waals surface area contributed by atoms with Gasteiger partial charge < -0.3 is 10.6 Å². The molecule has 1 aromatic rings. The van der Waals surface area contributed by atoms with E-state index in [0.717, 1.165) is 28.5 Å². The van der Waals surface area contributed by atoms with Gasteiger partial charge >= 0.3 is 0 Å². The zero-order valence-electron chi connectivity index (χ0n) is 12.1. The maximum absolute atomic E-state index is 6.23. The Hall–Kier alpha value is -1.03. The maximum atomic E-state index is 6.23. The molecule has 0 radical (unpaired) electrons. The molecule has 20 heavy (non-hydrogen) atoms. The Kier molecular flexibility index (Phi) is 3.53. The standard InChI is InChI=1S/C16H22BrN3/c1-11-7-12(2)9-16(8-11)10-19-15(18)20(16)14-6-4-3-5-13(14)17/h3-6,11-12H,7-10H2,1-2H3,(H2,18,19). The van der Waals surface area contributed by atoms with Gasteiger partial charge in [0.25, 0.3) is 0 Å². The Morgan fingerprint density at radius 2 is 1.90 bits per heavy atom. The van der Waals surface area contributed by atoms with Crippen LogP contribution in [0.25, 0.3) is 0 Å². The highest BCUT2D eigenvalue weighted by Gasteiger charge is 2.47. The van der Waals surface area contributed by atoms with Gasteiger partial charge in [-0.25, -0.2) is 0 Å². The highest BCUT2D eigenvalue weighted by molar-refractivity contribution is 9.10. The molecule has 1 aromatic carbocycles. The third-order valence-corrected chi connectivity index (χ3v) is 5.26. The Balaban J connectivity index is 2.02. The summed E-state index contributed by atoms with van der Waals surface area (Å²) in [4.78, 5) is 6.86. The number of hydrogen-bond acceptors (Lipinski definition) is 3. The number of guanidine groups is 1. The molecule has 2 N–H and O–H groups in total. The number of aliphatic imine (C=N–C) groups is 1. The van der Waals surface area contributed by atoms with Crippen molar-refractivity contribution in [2.24, 2.45) is 22.6 Å². The van der Waals surface area contributed by atoms with Crippen molar-refractivity contribution in [3.8, 4) is 0 Å². The summed E-state index contributed by atoms with van der Waals surface area (Å²) in [5.41, 5.74) is 7.45. The quantitative estimate of drug-likeness (QED) is 0.848. The molecular weight excluding hydrogens is 314 g/mol. The van der Waals surface area contributed by atoms with Crippen molar-refractivity contribution < 1.29 is 0 Å². The lowest BCUT2D eigenvalue weighted by Gasteiger charge is -2.46. The van der Waals surface area contributed by atoms with Crippen molar-refractivity contribution in [3.63, 3.8) is 0 Å². The van der Waals surface area contributed by atoms with Crippen LogP contribution in [0, 0.1) is 11.8 Å². The number of nitrogens with zero attached hydrogens (tertiary/aromatic N) is 2. The van der Waals surface area contributed by atoms with Gasteiger partial charge in [-0.05, 0) is 59.2 Å². The topological polar surface area (TPSA) is 41.6 Å². The molecule has 0 aromatic heterocycles. The summed E-state index contributed by atoms with van der Waals surface area (Å²) in [5, 5.41) is 0. The molecule has 3 rings (SSSR count). The van der Waals surface area contributed by atoms with Crippen molar-refractivity contribution in [2.75, 3.05) is 11.4 Å². The summed E-state index contributed by atoms with van der Waals surface area (Å²) in [7, 11) is 0. The normalized spacial score (nSPS) is 33.5. The first kappa shape index (κ1) is 13.9. The number of anilines is 1. The van der Waals surface area contributed by atoms with E-state index in [1.54, 1.807) is 0 Å². The number of nitrogens with two attached hydrogens (primary N) is 1. The molecule has 1 saturated carbocycles. The van der Waals surface area contributed by atoms with E-state index < -0.39 is 0 Å². The number of benzene rings is 1. The van der Waals surface area contributed by atoms with Crippen molar-refractivity contribution in [2.45, 2.75) is 38.6 Å². The minimum Gasteiger partial charge on any atom is -0.369 e. The first-order valence-electron chi connectivity index (χ1n) is 7.36. The minimum absolute atomic E-state index is 0.0744. The molecule has 1 fully saturated rings. The molecule has 1 aliphatic heterocycles. The van der Waals surface area contributed by atoms with Crippen LogP contribution in [0.15, 0.2) is 33.7 Å². The summed E-state index contributed by atoms with van der Waals surface area (Å²) < 4.78 is 1.09. The Labute approximate surface area is 129 Å². The monoisotopic (exact) mass is 335 g/mol. The largest absolute Gasteiger partial charge is 0.369 e. The molecule has 2 unspecified atom stereocenters. The predicted molar refractivity (Wildman–Crippen MR) is 88.0 cm³/mol. The van der Waals surface area contributed by atoms with Gasteiger partial charge in [0.2, 0.25) is 0 Å². The van der Waals surface area contributed by atoms with E-state index >= 15 is 0 Å². The smallest absolute Gasteiger partial charge is 0.196 e. The second-order valence-electron chi connectivity index (χ2n) is 6.54. The zero-order valence-corrected chi connectivity index (χ0v) is 13.7. The van der Waals surface area contributed by atoms with Crippen LogP contribution >= 0.6 is 15.9 Å². The number of hydrogen-bond donors (Lipinski definition) is 1. The van der Waals surface area contributed by atoms with Gasteiger partial charge in [-0.2, -0.15) is 0 Å². The second kappa shape index (κ2) is 5.06. The van der Waals surface area contributed by atoms with Crippen LogP contribution in [-0.4, -0.2) is 18.0 Å². The van der Waals surface area contributed by atoms with Crippen molar-refractivity contribution in [1.82, 2.24) is 0 Å². The van der Waals surface area contributed by atoms with Crippen molar-refractivity contribution >= 4 is 27.6 Å². The van der Waals surface area contributed by atoms with Crippen LogP contribution in [-0.2, 0) is 0 Å². The highest BCUT2D eigenvalue weighted by Crippen LogP contribution is 2.45. The van der Waals surface area contributed by atoms with E-state index in [9.17, 15) is 0 Å². The Morgan fingerprint density at radius 3 is 2.55 bits per heavy atom. The third-order valence-electron chi connectivity index (χ3n) is 4.59. The fourth-order valence-corrected chi connectivity index (χ4v) is 4.63. The molecule has 0 saturated heterocycles. The molecule has 108 valence electrons. The molecule has 3 nitrogen and oxygen atoms in total. The fourth-order valence-electron chi connectivity index (χ4n) is 4.17. The maximum Gasteiger partial charge on any atom is 0.196 e. The lowest BCUT2D eigenvalue weighted by Crippen LogP contribution is -2.55. The van der Waals surface area contributed by atoms with Gasteiger partial charge in [-0.1, -0.05) is 26.0 Å². The van der Waals surface area contributed by atoms with Gasteiger partial charge in [0.15, 0.2) is 5.96 Å². The van der Waals surface area contributed by atoms with E-state index in [0.29, 0.717) is 5.96 Å². The molecule has 4 heteroatoms. The van der Waals surface area contributed by atoms with Gasteiger partial charge in [-0.3, -0.25) is 4.99 Å². The summed E-state index contributed by atoms with van der Waals surface area (Å²) in [6, 6.07) is 8.30. The summed E-state index contributed by atoms with van der Waals surface area (Å²) in [5.74, 6) is 2.12. The van der Waals surface area contributed by atoms with Gasteiger partial charge in [0.1, 0.15) is 0 Å². The molecule has 0 amide bonds. The molecular formula is C16H22BrN3. The number of para-hydroxylation sites is 1. The Bertz CT molecular complexity index is 530. The first-order valence-corrected chi connectivity index (χ1v) is 8.16. The van der Waals surface area contributed by atoms with Gasteiger partial charge in [0, 0.05) is 4.47 Å². The van der Waals surface area contributed by atoms with Crippen molar-refractivity contribution in [3.05, 3.63) is 28.7 Å². The minimum atomic E-state index is 0.0744. The Morgan fingerprint density at radius 1 is 1.25 bits per heavy atom. The zero-order chi connectivity index (χ0) is 14.3. The summed E-state index contributed by atoms with van der Waals surface area (Å²) in [6.45, 7) is 5.53. The van der Waals surface area contributed by atoms with Gasteiger partial charge in [0.05, 0.1) is 17.8 Å². The molecule has 1 heterocycles. The SMILES string of the molecule is CC1CC(C)CC2(CN=C(N)N2c2ccccc2Br)C1. The third kappa shape index (κ3) is 2.24. The van der Waals surface area contributed by atoms with Crippen LogP contribution in [0.5, 0.6) is 0 Å². The van der Waals surface area contributed by atoms with E-state index in [-0.39, 0.29) is 5.54 Å². The van der Waals surface area contributed by atoms with Crippen LogP contribution in [0.1, 0.15) is 33.1 Å². The second-order valence-corrected chi connectivity index (χ2v) is 7.39. The number of halogens is 1.